The minimum Gasteiger partial charge on any atom is -0.326 e. The molecule has 4 nitrogen and oxygen atoms in total. The van der Waals surface area contributed by atoms with E-state index < -0.39 is 10.0 Å². The van der Waals surface area contributed by atoms with Gasteiger partial charge >= 0.3 is 0 Å². The quantitative estimate of drug-likeness (QED) is 0.771. The topological polar surface area (TPSA) is 63.4 Å². The van der Waals surface area contributed by atoms with Crippen LogP contribution in [0.2, 0.25) is 0 Å². The van der Waals surface area contributed by atoms with Crippen LogP contribution in [0, 0.1) is 18.3 Å². The molecule has 0 aliphatic heterocycles. The Kier molecular flexibility index (Phi) is 4.81. The van der Waals surface area contributed by atoms with Gasteiger partial charge in [0.25, 0.3) is 0 Å². The minimum absolute atomic E-state index is 0.00769. The van der Waals surface area contributed by atoms with Gasteiger partial charge in [0.2, 0.25) is 10.0 Å². The smallest absolute Gasteiger partial charge is 0.219 e. The van der Waals surface area contributed by atoms with Gasteiger partial charge in [-0.25, -0.2) is 8.42 Å². The maximum Gasteiger partial charge on any atom is 0.219 e. The summed E-state index contributed by atoms with van der Waals surface area (Å²) in [6, 6.07) is 7.34. The van der Waals surface area contributed by atoms with Crippen molar-refractivity contribution in [3.05, 3.63) is 35.4 Å². The molecule has 0 spiro atoms. The highest BCUT2D eigenvalue weighted by molar-refractivity contribution is 7.88. The summed E-state index contributed by atoms with van der Waals surface area (Å²) >= 11 is 0. The third kappa shape index (κ3) is 4.07. The first-order chi connectivity index (χ1) is 9.55. The van der Waals surface area contributed by atoms with Gasteiger partial charge in [0.1, 0.15) is 0 Å². The van der Waals surface area contributed by atoms with E-state index in [-0.39, 0.29) is 12.3 Å². The van der Waals surface area contributed by atoms with Gasteiger partial charge in [0.15, 0.2) is 0 Å². The normalized spacial score (nSPS) is 15.2. The van der Waals surface area contributed by atoms with Crippen molar-refractivity contribution in [2.75, 3.05) is 13.1 Å². The Morgan fingerprint density at radius 3 is 2.35 bits per heavy atom. The molecule has 1 aliphatic carbocycles. The van der Waals surface area contributed by atoms with E-state index in [2.05, 4.69) is 5.92 Å². The predicted molar refractivity (Wildman–Crippen MR) is 80.1 cm³/mol. The van der Waals surface area contributed by atoms with Crippen molar-refractivity contribution in [2.24, 2.45) is 11.7 Å². The number of rotatable bonds is 7. The van der Waals surface area contributed by atoms with Crippen molar-refractivity contribution in [3.63, 3.8) is 0 Å². The molecule has 1 aromatic carbocycles. The lowest BCUT2D eigenvalue weighted by Gasteiger charge is -2.19. The number of hydrogen-bond donors (Lipinski definition) is 1. The summed E-state index contributed by atoms with van der Waals surface area (Å²) in [4.78, 5) is 0. The molecule has 0 unspecified atom stereocenters. The van der Waals surface area contributed by atoms with E-state index in [9.17, 15) is 8.42 Å². The van der Waals surface area contributed by atoms with Crippen LogP contribution in [0.25, 0.3) is 0 Å². The van der Waals surface area contributed by atoms with Gasteiger partial charge in [0.05, 0.1) is 12.3 Å². The van der Waals surface area contributed by atoms with Gasteiger partial charge in [-0.15, -0.1) is 6.42 Å². The Balaban J connectivity index is 2.08. The molecule has 1 aliphatic rings. The third-order valence-corrected chi connectivity index (χ3v) is 5.19. The van der Waals surface area contributed by atoms with Crippen molar-refractivity contribution < 1.29 is 8.42 Å². The summed E-state index contributed by atoms with van der Waals surface area (Å²) in [7, 11) is -3.35. The molecule has 0 bridgehead atoms. The zero-order valence-corrected chi connectivity index (χ0v) is 12.3. The largest absolute Gasteiger partial charge is 0.326 e. The maximum atomic E-state index is 12.4. The second kappa shape index (κ2) is 6.40. The van der Waals surface area contributed by atoms with Crippen LogP contribution in [-0.2, 0) is 22.3 Å². The lowest BCUT2D eigenvalue weighted by molar-refractivity contribution is 0.429. The van der Waals surface area contributed by atoms with Crippen LogP contribution >= 0.6 is 0 Å². The molecule has 0 radical (unpaired) electrons. The van der Waals surface area contributed by atoms with Crippen LogP contribution in [0.5, 0.6) is 0 Å². The Morgan fingerprint density at radius 2 is 1.85 bits per heavy atom. The molecule has 0 saturated heterocycles. The van der Waals surface area contributed by atoms with Crippen molar-refractivity contribution >= 4 is 10.0 Å². The number of hydrogen-bond acceptors (Lipinski definition) is 3. The first-order valence-electron chi connectivity index (χ1n) is 6.74. The summed E-state index contributed by atoms with van der Waals surface area (Å²) < 4.78 is 26.3. The molecule has 1 aromatic rings. The minimum atomic E-state index is -3.35. The van der Waals surface area contributed by atoms with Gasteiger partial charge in [-0.05, 0) is 29.9 Å². The monoisotopic (exact) mass is 292 g/mol. The van der Waals surface area contributed by atoms with E-state index in [1.165, 1.54) is 4.31 Å². The number of benzene rings is 1. The van der Waals surface area contributed by atoms with Crippen LogP contribution < -0.4 is 5.73 Å². The maximum absolute atomic E-state index is 12.4. The molecule has 0 heterocycles. The van der Waals surface area contributed by atoms with Crippen LogP contribution in [0.4, 0.5) is 0 Å². The number of nitrogens with zero attached hydrogens (tertiary/aromatic N) is 1. The molecule has 1 fully saturated rings. The van der Waals surface area contributed by atoms with Crippen molar-refractivity contribution in [1.82, 2.24) is 4.31 Å². The molecule has 20 heavy (non-hydrogen) atoms. The molecule has 5 heteroatoms. The second-order valence-corrected chi connectivity index (χ2v) is 7.19. The average Bonchev–Trinajstić information content (AvgIpc) is 3.23. The number of sulfonamides is 1. The summed E-state index contributed by atoms with van der Waals surface area (Å²) in [5.41, 5.74) is 7.28. The standard InChI is InChI=1S/C15H20N2O2S/c1-2-9-17(11-14-5-6-14)20(18,19)12-15-7-3-13(10-16)4-8-15/h1,3-4,7-8,14H,5-6,9-12,16H2. The molecule has 2 N–H and O–H groups in total. The summed E-state index contributed by atoms with van der Waals surface area (Å²) in [5.74, 6) is 2.92. The third-order valence-electron chi connectivity index (χ3n) is 3.43. The van der Waals surface area contributed by atoms with Gasteiger partial charge < -0.3 is 5.73 Å². The van der Waals surface area contributed by atoms with Crippen LogP contribution in [0.15, 0.2) is 24.3 Å². The molecule has 1 saturated carbocycles. The molecule has 0 amide bonds. The van der Waals surface area contributed by atoms with Crippen LogP contribution in [-0.4, -0.2) is 25.8 Å². The molecular weight excluding hydrogens is 272 g/mol. The average molecular weight is 292 g/mol. The fourth-order valence-electron chi connectivity index (χ4n) is 2.04. The molecule has 2 rings (SSSR count). The molecular formula is C15H20N2O2S. The van der Waals surface area contributed by atoms with E-state index in [1.807, 2.05) is 24.3 Å². The summed E-state index contributed by atoms with van der Waals surface area (Å²) in [5, 5.41) is 0. The van der Waals surface area contributed by atoms with Gasteiger partial charge in [0, 0.05) is 13.1 Å². The fraction of sp³-hybridized carbons (Fsp3) is 0.467. The SMILES string of the molecule is C#CCN(CC1CC1)S(=O)(=O)Cc1ccc(CN)cc1. The lowest BCUT2D eigenvalue weighted by atomic mass is 10.1. The number of nitrogens with two attached hydrogens (primary N) is 1. The summed E-state index contributed by atoms with van der Waals surface area (Å²) in [6.07, 6.45) is 7.48. The van der Waals surface area contributed by atoms with E-state index >= 15 is 0 Å². The first kappa shape index (κ1) is 15.0. The number of terminal acetylenes is 1. The second-order valence-electron chi connectivity index (χ2n) is 5.22. The van der Waals surface area contributed by atoms with Gasteiger partial charge in [-0.3, -0.25) is 0 Å². The Morgan fingerprint density at radius 1 is 1.25 bits per heavy atom. The lowest BCUT2D eigenvalue weighted by Crippen LogP contribution is -2.34. The zero-order valence-electron chi connectivity index (χ0n) is 11.5. The van der Waals surface area contributed by atoms with Crippen LogP contribution in [0.1, 0.15) is 24.0 Å². The van der Waals surface area contributed by atoms with Gasteiger partial charge in [-0.2, -0.15) is 4.31 Å². The Hall–Kier alpha value is -1.35. The molecule has 0 atom stereocenters. The molecule has 108 valence electrons. The Bertz CT molecular complexity index is 583. The van der Waals surface area contributed by atoms with E-state index in [4.69, 9.17) is 12.2 Å². The van der Waals surface area contributed by atoms with Crippen LogP contribution in [0.3, 0.4) is 0 Å². The zero-order chi connectivity index (χ0) is 14.6. The predicted octanol–water partition coefficient (Wildman–Crippen LogP) is 1.32. The highest BCUT2D eigenvalue weighted by atomic mass is 32.2. The fourth-order valence-corrected chi connectivity index (χ4v) is 3.55. The van der Waals surface area contributed by atoms with Gasteiger partial charge in [-0.1, -0.05) is 30.2 Å². The first-order valence-corrected chi connectivity index (χ1v) is 8.35. The van der Waals surface area contributed by atoms with Crippen molar-refractivity contribution in [3.8, 4) is 12.3 Å². The van der Waals surface area contributed by atoms with Crippen molar-refractivity contribution in [2.45, 2.75) is 25.1 Å². The van der Waals surface area contributed by atoms with Crippen molar-refractivity contribution in [1.29, 1.82) is 0 Å². The van der Waals surface area contributed by atoms with E-state index in [1.54, 1.807) is 0 Å². The van der Waals surface area contributed by atoms with E-state index in [0.717, 1.165) is 24.0 Å². The highest BCUT2D eigenvalue weighted by Crippen LogP contribution is 2.30. The van der Waals surface area contributed by atoms with E-state index in [0.29, 0.717) is 19.0 Å². The highest BCUT2D eigenvalue weighted by Gasteiger charge is 2.30. The Labute approximate surface area is 121 Å². The summed E-state index contributed by atoms with van der Waals surface area (Å²) in [6.45, 7) is 1.16. The molecule has 0 aromatic heterocycles.